The zero-order valence-electron chi connectivity index (χ0n) is 13.7. The van der Waals surface area contributed by atoms with E-state index < -0.39 is 10.9 Å². The third-order valence-corrected chi connectivity index (χ3v) is 3.86. The average Bonchev–Trinajstić information content (AvgIpc) is 2.67. The van der Waals surface area contributed by atoms with E-state index in [2.05, 4.69) is 0 Å². The van der Waals surface area contributed by atoms with Crippen molar-refractivity contribution in [2.24, 2.45) is 0 Å². The molecule has 0 aliphatic heterocycles. The molecule has 3 aromatic carbocycles. The van der Waals surface area contributed by atoms with Crippen LogP contribution in [0.4, 0.5) is 5.69 Å². The van der Waals surface area contributed by atoms with Crippen LogP contribution in [0.2, 0.25) is 0 Å². The Bertz CT molecular complexity index is 950. The largest absolute Gasteiger partial charge is 0.488 e. The third-order valence-electron chi connectivity index (χ3n) is 3.86. The molecule has 130 valence electrons. The maximum absolute atomic E-state index is 11.2. The summed E-state index contributed by atoms with van der Waals surface area (Å²) in [6.45, 7) is 0.222. The van der Waals surface area contributed by atoms with E-state index in [1.807, 2.05) is 30.3 Å². The molecule has 0 aromatic heterocycles. The fourth-order valence-electron chi connectivity index (χ4n) is 2.52. The number of hydrogen-bond donors (Lipinski definition) is 1. The number of carboxylic acid groups (broad SMARTS) is 1. The van der Waals surface area contributed by atoms with Crippen molar-refractivity contribution in [3.05, 3.63) is 94.0 Å². The second-order valence-electron chi connectivity index (χ2n) is 5.59. The van der Waals surface area contributed by atoms with Gasteiger partial charge in [-0.2, -0.15) is 0 Å². The van der Waals surface area contributed by atoms with Crippen LogP contribution in [0.5, 0.6) is 5.75 Å². The number of hydrogen-bond acceptors (Lipinski definition) is 4. The summed E-state index contributed by atoms with van der Waals surface area (Å²) in [7, 11) is 0. The van der Waals surface area contributed by atoms with E-state index in [-0.39, 0.29) is 17.9 Å². The lowest BCUT2D eigenvalue weighted by Gasteiger charge is -2.09. The van der Waals surface area contributed by atoms with Gasteiger partial charge in [-0.3, -0.25) is 10.1 Å². The average molecular weight is 349 g/mol. The summed E-state index contributed by atoms with van der Waals surface area (Å²) in [5.41, 5.74) is 2.62. The molecule has 0 fully saturated rings. The minimum absolute atomic E-state index is 0.0418. The molecular formula is C20H15NO5. The summed E-state index contributed by atoms with van der Waals surface area (Å²) >= 11 is 0. The molecule has 3 rings (SSSR count). The molecule has 1 N–H and O–H groups in total. The van der Waals surface area contributed by atoms with Gasteiger partial charge in [-0.1, -0.05) is 48.5 Å². The highest BCUT2D eigenvalue weighted by Gasteiger charge is 2.10. The predicted octanol–water partition coefficient (Wildman–Crippen LogP) is 4.54. The molecule has 6 heteroatoms. The lowest BCUT2D eigenvalue weighted by molar-refractivity contribution is -0.384. The fourth-order valence-corrected chi connectivity index (χ4v) is 2.52. The number of non-ortho nitro benzene ring substituents is 1. The van der Waals surface area contributed by atoms with Gasteiger partial charge in [0.05, 0.1) is 4.92 Å². The van der Waals surface area contributed by atoms with Gasteiger partial charge in [0.2, 0.25) is 0 Å². The van der Waals surface area contributed by atoms with E-state index in [9.17, 15) is 14.9 Å². The smallest absolute Gasteiger partial charge is 0.339 e. The quantitative estimate of drug-likeness (QED) is 0.521. The van der Waals surface area contributed by atoms with Crippen molar-refractivity contribution in [2.75, 3.05) is 0 Å². The molecule has 0 heterocycles. The number of para-hydroxylation sites is 1. The van der Waals surface area contributed by atoms with Gasteiger partial charge in [-0.25, -0.2) is 4.79 Å². The van der Waals surface area contributed by atoms with Gasteiger partial charge in [0.25, 0.3) is 5.69 Å². The van der Waals surface area contributed by atoms with Crippen LogP contribution in [0.15, 0.2) is 72.8 Å². The Balaban J connectivity index is 1.74. The first-order chi connectivity index (χ1) is 12.5. The first-order valence-corrected chi connectivity index (χ1v) is 7.83. The van der Waals surface area contributed by atoms with Crippen molar-refractivity contribution in [3.8, 4) is 16.9 Å². The van der Waals surface area contributed by atoms with Gasteiger partial charge in [0.15, 0.2) is 0 Å². The number of aromatic carboxylic acids is 1. The van der Waals surface area contributed by atoms with Crippen molar-refractivity contribution in [2.45, 2.75) is 6.61 Å². The van der Waals surface area contributed by atoms with Crippen LogP contribution < -0.4 is 4.74 Å². The minimum Gasteiger partial charge on any atom is -0.488 e. The zero-order chi connectivity index (χ0) is 18.5. The summed E-state index contributed by atoms with van der Waals surface area (Å²) in [5.74, 6) is -0.732. The molecule has 0 aliphatic rings. The molecule has 0 radical (unpaired) electrons. The Labute approximate surface area is 149 Å². The Kier molecular flexibility index (Phi) is 4.94. The molecule has 0 spiro atoms. The van der Waals surface area contributed by atoms with Gasteiger partial charge >= 0.3 is 5.97 Å². The molecule has 0 saturated carbocycles. The second-order valence-corrected chi connectivity index (χ2v) is 5.59. The molecule has 3 aromatic rings. The number of nitrogens with zero attached hydrogens (tertiary/aromatic N) is 1. The van der Waals surface area contributed by atoms with Gasteiger partial charge in [0.1, 0.15) is 17.9 Å². The topological polar surface area (TPSA) is 89.7 Å². The molecular weight excluding hydrogens is 334 g/mol. The van der Waals surface area contributed by atoms with Crippen molar-refractivity contribution in [3.63, 3.8) is 0 Å². The highest BCUT2D eigenvalue weighted by Crippen LogP contribution is 2.25. The van der Waals surface area contributed by atoms with Crippen LogP contribution in [0.1, 0.15) is 15.9 Å². The fraction of sp³-hybridized carbons (Fsp3) is 0.0500. The van der Waals surface area contributed by atoms with Crippen LogP contribution in [0.25, 0.3) is 11.1 Å². The maximum atomic E-state index is 11.2. The molecule has 6 nitrogen and oxygen atoms in total. The number of benzene rings is 3. The summed E-state index contributed by atoms with van der Waals surface area (Å²) < 4.78 is 5.61. The van der Waals surface area contributed by atoms with Gasteiger partial charge in [-0.15, -0.1) is 0 Å². The van der Waals surface area contributed by atoms with E-state index >= 15 is 0 Å². The molecule has 0 unspecified atom stereocenters. The maximum Gasteiger partial charge on any atom is 0.339 e. The van der Waals surface area contributed by atoms with Crippen molar-refractivity contribution in [1.82, 2.24) is 0 Å². The molecule has 0 atom stereocenters. The van der Waals surface area contributed by atoms with Gasteiger partial charge < -0.3 is 9.84 Å². The Morgan fingerprint density at radius 2 is 1.69 bits per heavy atom. The minimum atomic E-state index is -1.04. The van der Waals surface area contributed by atoms with E-state index in [4.69, 9.17) is 9.84 Å². The molecule has 0 saturated heterocycles. The third kappa shape index (κ3) is 3.87. The Hall–Kier alpha value is -3.67. The Morgan fingerprint density at radius 3 is 2.38 bits per heavy atom. The van der Waals surface area contributed by atoms with Gasteiger partial charge in [0, 0.05) is 12.1 Å². The second kappa shape index (κ2) is 7.48. The van der Waals surface area contributed by atoms with Crippen molar-refractivity contribution in [1.29, 1.82) is 0 Å². The van der Waals surface area contributed by atoms with Crippen molar-refractivity contribution < 1.29 is 19.6 Å². The number of nitro benzene ring substituents is 1. The standard InChI is InChI=1S/C20H15NO5/c22-20(23)18-6-1-2-7-19(18)26-13-14-8-10-15(11-9-14)16-4-3-5-17(12-16)21(24)25/h1-12H,13H2,(H,22,23). The van der Waals surface area contributed by atoms with Gasteiger partial charge in [-0.05, 0) is 28.8 Å². The van der Waals surface area contributed by atoms with Crippen LogP contribution in [-0.2, 0) is 6.61 Å². The normalized spacial score (nSPS) is 10.3. The summed E-state index contributed by atoms with van der Waals surface area (Å²) in [5, 5.41) is 20.0. The van der Waals surface area contributed by atoms with E-state index in [1.54, 1.807) is 24.3 Å². The number of carboxylic acids is 1. The van der Waals surface area contributed by atoms with E-state index in [0.29, 0.717) is 5.75 Å². The van der Waals surface area contributed by atoms with Crippen LogP contribution in [0, 0.1) is 10.1 Å². The lowest BCUT2D eigenvalue weighted by Crippen LogP contribution is -2.03. The molecule has 0 aliphatic carbocycles. The van der Waals surface area contributed by atoms with Crippen molar-refractivity contribution >= 4 is 11.7 Å². The number of ether oxygens (including phenoxy) is 1. The molecule has 0 amide bonds. The first kappa shape index (κ1) is 17.2. The SMILES string of the molecule is O=C(O)c1ccccc1OCc1ccc(-c2cccc([N+](=O)[O-])c2)cc1. The predicted molar refractivity (Wildman–Crippen MR) is 96.3 cm³/mol. The lowest BCUT2D eigenvalue weighted by atomic mass is 10.0. The van der Waals surface area contributed by atoms with Crippen LogP contribution in [0.3, 0.4) is 0 Å². The summed E-state index contributed by atoms with van der Waals surface area (Å²) in [6, 6.07) is 20.3. The summed E-state index contributed by atoms with van der Waals surface area (Å²) in [4.78, 5) is 21.6. The first-order valence-electron chi connectivity index (χ1n) is 7.83. The Morgan fingerprint density at radius 1 is 0.962 bits per heavy atom. The number of nitro groups is 1. The number of carbonyl (C=O) groups is 1. The number of rotatable bonds is 6. The van der Waals surface area contributed by atoms with E-state index in [0.717, 1.165) is 16.7 Å². The zero-order valence-corrected chi connectivity index (χ0v) is 13.7. The van der Waals surface area contributed by atoms with Crippen LogP contribution in [-0.4, -0.2) is 16.0 Å². The highest BCUT2D eigenvalue weighted by molar-refractivity contribution is 5.90. The monoisotopic (exact) mass is 349 g/mol. The summed E-state index contributed by atoms with van der Waals surface area (Å²) in [6.07, 6.45) is 0. The highest BCUT2D eigenvalue weighted by atomic mass is 16.6. The molecule has 0 bridgehead atoms. The van der Waals surface area contributed by atoms with E-state index in [1.165, 1.54) is 18.2 Å². The molecule has 26 heavy (non-hydrogen) atoms. The van der Waals surface area contributed by atoms with Crippen LogP contribution >= 0.6 is 0 Å².